The van der Waals surface area contributed by atoms with Crippen molar-refractivity contribution >= 4 is 29.3 Å². The van der Waals surface area contributed by atoms with Gasteiger partial charge < -0.3 is 0 Å². The molecule has 5 nitrogen and oxygen atoms in total. The second-order valence-electron chi connectivity index (χ2n) is 6.27. The first-order valence-electron chi connectivity index (χ1n) is 8.60. The highest BCUT2D eigenvalue weighted by Gasteiger charge is 2.40. The van der Waals surface area contributed by atoms with E-state index in [0.29, 0.717) is 10.8 Å². The average Bonchev–Trinajstić information content (AvgIpc) is 2.96. The van der Waals surface area contributed by atoms with Crippen molar-refractivity contribution in [3.05, 3.63) is 72.6 Å². The lowest BCUT2D eigenvalue weighted by Gasteiger charge is -2.15. The Morgan fingerprint density at radius 1 is 0.963 bits per heavy atom. The molecule has 2 heterocycles. The van der Waals surface area contributed by atoms with E-state index in [2.05, 4.69) is 9.97 Å². The van der Waals surface area contributed by atoms with Gasteiger partial charge in [-0.1, -0.05) is 54.2 Å². The largest absolute Gasteiger partial charge is 0.274 e. The number of aryl methyl sites for hydroxylation is 1. The first kappa shape index (κ1) is 17.4. The molecule has 2 amide bonds. The predicted molar refractivity (Wildman–Crippen MR) is 105 cm³/mol. The van der Waals surface area contributed by atoms with Crippen molar-refractivity contribution in [3.8, 4) is 11.1 Å². The van der Waals surface area contributed by atoms with E-state index >= 15 is 0 Å². The van der Waals surface area contributed by atoms with Crippen molar-refractivity contribution in [1.82, 2.24) is 9.97 Å². The Morgan fingerprint density at radius 3 is 2.37 bits per heavy atom. The number of thioether (sulfide) groups is 1. The molecule has 1 fully saturated rings. The smallest absolute Gasteiger partial charge is 0.247 e. The fourth-order valence-corrected chi connectivity index (χ4v) is 4.02. The van der Waals surface area contributed by atoms with Crippen LogP contribution in [0.5, 0.6) is 0 Å². The molecule has 27 heavy (non-hydrogen) atoms. The van der Waals surface area contributed by atoms with Crippen LogP contribution in [0.4, 0.5) is 5.69 Å². The van der Waals surface area contributed by atoms with Crippen LogP contribution in [0.15, 0.2) is 72.0 Å². The SMILES string of the molecule is Cc1ccnc(S[C@H]2CC(=O)N(c3ccc(-c4ccccc4)cc3)C2=O)n1. The Hall–Kier alpha value is -2.99. The Bertz CT molecular complexity index is 990. The normalized spacial score (nSPS) is 16.8. The maximum absolute atomic E-state index is 12.8. The van der Waals surface area contributed by atoms with Crippen molar-refractivity contribution in [2.75, 3.05) is 4.90 Å². The quantitative estimate of drug-likeness (QED) is 0.512. The maximum atomic E-state index is 12.8. The highest BCUT2D eigenvalue weighted by molar-refractivity contribution is 8.00. The summed E-state index contributed by atoms with van der Waals surface area (Å²) in [6, 6.07) is 19.2. The fourth-order valence-electron chi connectivity index (χ4n) is 3.01. The van der Waals surface area contributed by atoms with Crippen molar-refractivity contribution in [1.29, 1.82) is 0 Å². The second kappa shape index (κ2) is 7.32. The summed E-state index contributed by atoms with van der Waals surface area (Å²) < 4.78 is 0. The first-order valence-corrected chi connectivity index (χ1v) is 9.48. The topological polar surface area (TPSA) is 63.2 Å². The zero-order valence-electron chi connectivity index (χ0n) is 14.7. The summed E-state index contributed by atoms with van der Waals surface area (Å²) in [5.74, 6) is -0.416. The number of imide groups is 1. The number of carbonyl (C=O) groups excluding carboxylic acids is 2. The first-order chi connectivity index (χ1) is 13.1. The summed E-state index contributed by atoms with van der Waals surface area (Å²) in [5, 5.41) is 0.0236. The zero-order valence-corrected chi connectivity index (χ0v) is 15.5. The third-order valence-electron chi connectivity index (χ3n) is 4.36. The van der Waals surface area contributed by atoms with Gasteiger partial charge >= 0.3 is 0 Å². The van der Waals surface area contributed by atoms with Gasteiger partial charge in [0.15, 0.2) is 5.16 Å². The molecule has 0 saturated carbocycles. The lowest BCUT2D eigenvalue weighted by molar-refractivity contribution is -0.121. The molecule has 0 spiro atoms. The van der Waals surface area contributed by atoms with Crippen LogP contribution < -0.4 is 4.90 Å². The number of rotatable bonds is 4. The molecule has 0 aliphatic carbocycles. The minimum Gasteiger partial charge on any atom is -0.274 e. The molecular formula is C21H17N3O2S. The van der Waals surface area contributed by atoms with Crippen LogP contribution in [0.2, 0.25) is 0 Å². The summed E-state index contributed by atoms with van der Waals surface area (Å²) in [6.07, 6.45) is 1.81. The Labute approximate surface area is 161 Å². The molecular weight excluding hydrogens is 358 g/mol. The Kier molecular flexibility index (Phi) is 4.73. The standard InChI is InChI=1S/C21H17N3O2S/c1-14-11-12-22-21(23-14)27-18-13-19(25)24(20(18)26)17-9-7-16(8-10-17)15-5-3-2-4-6-15/h2-12,18H,13H2,1H3/t18-/m0/s1. The average molecular weight is 375 g/mol. The van der Waals surface area contributed by atoms with E-state index in [-0.39, 0.29) is 18.2 Å². The van der Waals surface area contributed by atoms with E-state index in [1.807, 2.05) is 61.5 Å². The molecule has 1 aromatic heterocycles. The summed E-state index contributed by atoms with van der Waals surface area (Å²) >= 11 is 1.24. The van der Waals surface area contributed by atoms with Crippen LogP contribution in [-0.2, 0) is 9.59 Å². The number of hydrogen-bond acceptors (Lipinski definition) is 5. The minimum absolute atomic E-state index is 0.154. The predicted octanol–water partition coefficient (Wildman–Crippen LogP) is 3.88. The zero-order chi connectivity index (χ0) is 18.8. The van der Waals surface area contributed by atoms with E-state index in [4.69, 9.17) is 0 Å². The lowest BCUT2D eigenvalue weighted by atomic mass is 10.1. The van der Waals surface area contributed by atoms with Gasteiger partial charge in [0, 0.05) is 18.3 Å². The molecule has 1 aliphatic rings. The van der Waals surface area contributed by atoms with Crippen LogP contribution in [0.1, 0.15) is 12.1 Å². The van der Waals surface area contributed by atoms with E-state index in [1.165, 1.54) is 16.7 Å². The molecule has 0 radical (unpaired) electrons. The van der Waals surface area contributed by atoms with Crippen molar-refractivity contribution in [3.63, 3.8) is 0 Å². The molecule has 3 aromatic rings. The second-order valence-corrected chi connectivity index (χ2v) is 7.44. The van der Waals surface area contributed by atoms with Crippen LogP contribution >= 0.6 is 11.8 Å². The monoisotopic (exact) mass is 375 g/mol. The summed E-state index contributed by atoms with van der Waals surface area (Å²) in [7, 11) is 0. The van der Waals surface area contributed by atoms with Gasteiger partial charge in [-0.3, -0.25) is 9.59 Å². The molecule has 2 aromatic carbocycles. The molecule has 1 saturated heterocycles. The van der Waals surface area contributed by atoms with Crippen molar-refractivity contribution in [2.24, 2.45) is 0 Å². The number of hydrogen-bond donors (Lipinski definition) is 0. The van der Waals surface area contributed by atoms with Gasteiger partial charge in [-0.2, -0.15) is 0 Å². The summed E-state index contributed by atoms with van der Waals surface area (Å²) in [5.41, 5.74) is 3.56. The molecule has 6 heteroatoms. The van der Waals surface area contributed by atoms with Gasteiger partial charge in [-0.05, 0) is 36.2 Å². The van der Waals surface area contributed by atoms with Gasteiger partial charge in [0.25, 0.3) is 0 Å². The van der Waals surface area contributed by atoms with Crippen LogP contribution in [0.25, 0.3) is 11.1 Å². The Balaban J connectivity index is 1.53. The summed E-state index contributed by atoms with van der Waals surface area (Å²) in [4.78, 5) is 35.0. The van der Waals surface area contributed by atoms with Gasteiger partial charge in [0.05, 0.1) is 5.69 Å². The summed E-state index contributed by atoms with van der Waals surface area (Å²) in [6.45, 7) is 1.87. The van der Waals surface area contributed by atoms with Crippen molar-refractivity contribution in [2.45, 2.75) is 23.8 Å². The van der Waals surface area contributed by atoms with Crippen LogP contribution in [-0.4, -0.2) is 27.0 Å². The van der Waals surface area contributed by atoms with E-state index in [0.717, 1.165) is 16.8 Å². The lowest BCUT2D eigenvalue weighted by Crippen LogP contribution is -2.31. The van der Waals surface area contributed by atoms with Gasteiger partial charge in [-0.25, -0.2) is 14.9 Å². The van der Waals surface area contributed by atoms with Gasteiger partial charge in [0.2, 0.25) is 11.8 Å². The molecule has 0 bridgehead atoms. The van der Waals surface area contributed by atoms with Crippen LogP contribution in [0.3, 0.4) is 0 Å². The molecule has 0 N–H and O–H groups in total. The number of carbonyl (C=O) groups is 2. The van der Waals surface area contributed by atoms with E-state index < -0.39 is 5.25 Å². The Morgan fingerprint density at radius 2 is 1.67 bits per heavy atom. The molecule has 134 valence electrons. The molecule has 0 unspecified atom stereocenters. The van der Waals surface area contributed by atoms with Crippen molar-refractivity contribution < 1.29 is 9.59 Å². The third-order valence-corrected chi connectivity index (χ3v) is 5.42. The molecule has 1 atom stereocenters. The number of amides is 2. The number of anilines is 1. The van der Waals surface area contributed by atoms with Gasteiger partial charge in [-0.15, -0.1) is 0 Å². The number of aromatic nitrogens is 2. The van der Waals surface area contributed by atoms with E-state index in [9.17, 15) is 9.59 Å². The maximum Gasteiger partial charge on any atom is 0.247 e. The highest BCUT2D eigenvalue weighted by atomic mass is 32.2. The fraction of sp³-hybridized carbons (Fsp3) is 0.143. The van der Waals surface area contributed by atoms with E-state index in [1.54, 1.807) is 12.3 Å². The molecule has 4 rings (SSSR count). The molecule has 1 aliphatic heterocycles. The third kappa shape index (κ3) is 3.61. The minimum atomic E-state index is -0.493. The number of nitrogens with zero attached hydrogens (tertiary/aromatic N) is 3. The van der Waals surface area contributed by atoms with Crippen LogP contribution in [0, 0.1) is 6.92 Å². The number of benzene rings is 2. The van der Waals surface area contributed by atoms with Gasteiger partial charge in [0.1, 0.15) is 5.25 Å². The highest BCUT2D eigenvalue weighted by Crippen LogP contribution is 2.33.